The highest BCUT2D eigenvalue weighted by molar-refractivity contribution is 5.21. The zero-order valence-electron chi connectivity index (χ0n) is 9.20. The van der Waals surface area contributed by atoms with Gasteiger partial charge in [-0.15, -0.1) is 0 Å². The molecule has 0 saturated carbocycles. The summed E-state index contributed by atoms with van der Waals surface area (Å²) in [5, 5.41) is 7.23. The van der Waals surface area contributed by atoms with Crippen molar-refractivity contribution in [1.82, 2.24) is 10.2 Å². The normalized spacial score (nSPS) is 12.7. The largest absolute Gasteiger partial charge is 0.283 e. The predicted octanol–water partition coefficient (Wildman–Crippen LogP) is 3.06. The first-order chi connectivity index (χ1) is 7.25. The van der Waals surface area contributed by atoms with Gasteiger partial charge in [-0.3, -0.25) is 5.10 Å². The van der Waals surface area contributed by atoms with E-state index in [4.69, 9.17) is 0 Å². The lowest BCUT2D eigenvalue weighted by atomic mass is 9.96. The summed E-state index contributed by atoms with van der Waals surface area (Å²) in [7, 11) is 0. The number of benzene rings is 1. The van der Waals surface area contributed by atoms with Gasteiger partial charge in [0, 0.05) is 5.69 Å². The van der Waals surface area contributed by atoms with Crippen molar-refractivity contribution in [2.24, 2.45) is 0 Å². The molecule has 2 nitrogen and oxygen atoms in total. The zero-order chi connectivity index (χ0) is 10.7. The smallest absolute Gasteiger partial charge is 0.0630 e. The monoisotopic (exact) mass is 200 g/mol. The average molecular weight is 200 g/mol. The third-order valence-corrected chi connectivity index (χ3v) is 2.64. The highest BCUT2D eigenvalue weighted by Crippen LogP contribution is 2.19. The standard InChI is InChI=1S/C13H16N2/c1-10(12-6-4-3-5-7-12)8-13-9-11(2)14-15-13/h3-7,9-10H,8H2,1-2H3,(H,14,15). The van der Waals surface area contributed by atoms with E-state index in [-0.39, 0.29) is 0 Å². The third-order valence-electron chi connectivity index (χ3n) is 2.64. The van der Waals surface area contributed by atoms with Crippen LogP contribution in [0.2, 0.25) is 0 Å². The van der Waals surface area contributed by atoms with Crippen molar-refractivity contribution in [3.8, 4) is 0 Å². The molecule has 1 N–H and O–H groups in total. The van der Waals surface area contributed by atoms with E-state index < -0.39 is 0 Å². The van der Waals surface area contributed by atoms with E-state index >= 15 is 0 Å². The van der Waals surface area contributed by atoms with Crippen LogP contribution in [0.4, 0.5) is 0 Å². The Morgan fingerprint density at radius 3 is 2.60 bits per heavy atom. The second-order valence-electron chi connectivity index (χ2n) is 4.06. The summed E-state index contributed by atoms with van der Waals surface area (Å²) in [5.74, 6) is 0.522. The summed E-state index contributed by atoms with van der Waals surface area (Å²) >= 11 is 0. The summed E-state index contributed by atoms with van der Waals surface area (Å²) in [4.78, 5) is 0. The van der Waals surface area contributed by atoms with Gasteiger partial charge in [-0.1, -0.05) is 37.3 Å². The van der Waals surface area contributed by atoms with Crippen LogP contribution in [-0.4, -0.2) is 10.2 Å². The molecule has 1 aromatic carbocycles. The molecule has 1 aromatic heterocycles. The van der Waals surface area contributed by atoms with E-state index in [1.165, 1.54) is 5.56 Å². The Bertz CT molecular complexity index is 417. The lowest BCUT2D eigenvalue weighted by Gasteiger charge is -2.09. The second kappa shape index (κ2) is 4.30. The van der Waals surface area contributed by atoms with Crippen LogP contribution < -0.4 is 0 Å². The summed E-state index contributed by atoms with van der Waals surface area (Å²) < 4.78 is 0. The molecule has 0 bridgehead atoms. The van der Waals surface area contributed by atoms with E-state index in [0.717, 1.165) is 17.8 Å². The summed E-state index contributed by atoms with van der Waals surface area (Å²) in [6.07, 6.45) is 0.994. The van der Waals surface area contributed by atoms with Gasteiger partial charge in [-0.2, -0.15) is 5.10 Å². The highest BCUT2D eigenvalue weighted by Gasteiger charge is 2.07. The van der Waals surface area contributed by atoms with Crippen molar-refractivity contribution in [2.75, 3.05) is 0 Å². The molecule has 78 valence electrons. The Morgan fingerprint density at radius 2 is 2.00 bits per heavy atom. The third kappa shape index (κ3) is 2.46. The number of H-pyrrole nitrogens is 1. The molecule has 0 amide bonds. The van der Waals surface area contributed by atoms with Crippen LogP contribution in [0.3, 0.4) is 0 Å². The molecule has 2 rings (SSSR count). The second-order valence-corrected chi connectivity index (χ2v) is 4.06. The van der Waals surface area contributed by atoms with E-state index in [0.29, 0.717) is 5.92 Å². The summed E-state index contributed by atoms with van der Waals surface area (Å²) in [5.41, 5.74) is 3.65. The molecule has 0 radical (unpaired) electrons. The van der Waals surface area contributed by atoms with Gasteiger partial charge in [-0.25, -0.2) is 0 Å². The summed E-state index contributed by atoms with van der Waals surface area (Å²) in [6.45, 7) is 4.27. The minimum atomic E-state index is 0.522. The van der Waals surface area contributed by atoms with Crippen molar-refractivity contribution >= 4 is 0 Å². The van der Waals surface area contributed by atoms with Gasteiger partial charge in [0.15, 0.2) is 0 Å². The first-order valence-corrected chi connectivity index (χ1v) is 5.31. The van der Waals surface area contributed by atoms with E-state index in [1.54, 1.807) is 0 Å². The first kappa shape index (κ1) is 9.97. The highest BCUT2D eigenvalue weighted by atomic mass is 15.1. The topological polar surface area (TPSA) is 28.7 Å². The Kier molecular flexibility index (Phi) is 2.86. The number of aromatic nitrogens is 2. The number of hydrogen-bond donors (Lipinski definition) is 1. The van der Waals surface area contributed by atoms with E-state index in [1.807, 2.05) is 6.92 Å². The molecule has 0 aliphatic carbocycles. The Morgan fingerprint density at radius 1 is 1.27 bits per heavy atom. The lowest BCUT2D eigenvalue weighted by molar-refractivity contribution is 0.736. The van der Waals surface area contributed by atoms with Crippen LogP contribution in [0.15, 0.2) is 36.4 Å². The molecule has 0 fully saturated rings. The van der Waals surface area contributed by atoms with Crippen LogP contribution in [0.5, 0.6) is 0 Å². The van der Waals surface area contributed by atoms with Gasteiger partial charge in [-0.05, 0) is 30.9 Å². The SMILES string of the molecule is Cc1cc(CC(C)c2ccccc2)n[nH]1. The maximum atomic E-state index is 4.26. The molecule has 1 heterocycles. The molecule has 2 heteroatoms. The fourth-order valence-electron chi connectivity index (χ4n) is 1.79. The number of nitrogens with zero attached hydrogens (tertiary/aromatic N) is 1. The molecule has 0 saturated heterocycles. The molecular formula is C13H16N2. The number of nitrogens with one attached hydrogen (secondary N) is 1. The van der Waals surface area contributed by atoms with Crippen LogP contribution in [0.1, 0.15) is 29.8 Å². The van der Waals surface area contributed by atoms with Crippen molar-refractivity contribution in [3.63, 3.8) is 0 Å². The molecule has 1 atom stereocenters. The van der Waals surface area contributed by atoms with Gasteiger partial charge >= 0.3 is 0 Å². The number of rotatable bonds is 3. The Balaban J connectivity index is 2.07. The van der Waals surface area contributed by atoms with Crippen molar-refractivity contribution < 1.29 is 0 Å². The van der Waals surface area contributed by atoms with E-state index in [2.05, 4.69) is 53.5 Å². The molecule has 15 heavy (non-hydrogen) atoms. The zero-order valence-corrected chi connectivity index (χ0v) is 9.20. The molecule has 0 aliphatic rings. The molecule has 2 aromatic rings. The van der Waals surface area contributed by atoms with Crippen LogP contribution in [-0.2, 0) is 6.42 Å². The summed E-state index contributed by atoms with van der Waals surface area (Å²) in [6, 6.07) is 12.7. The Labute approximate surface area is 90.3 Å². The minimum Gasteiger partial charge on any atom is -0.283 e. The van der Waals surface area contributed by atoms with Crippen molar-refractivity contribution in [2.45, 2.75) is 26.2 Å². The number of hydrogen-bond acceptors (Lipinski definition) is 1. The van der Waals surface area contributed by atoms with Crippen LogP contribution >= 0.6 is 0 Å². The molecule has 1 unspecified atom stereocenters. The van der Waals surface area contributed by atoms with Crippen molar-refractivity contribution in [1.29, 1.82) is 0 Å². The Hall–Kier alpha value is -1.57. The van der Waals surface area contributed by atoms with E-state index in [9.17, 15) is 0 Å². The van der Waals surface area contributed by atoms with Gasteiger partial charge in [0.25, 0.3) is 0 Å². The van der Waals surface area contributed by atoms with Gasteiger partial charge in [0.1, 0.15) is 0 Å². The fraction of sp³-hybridized carbons (Fsp3) is 0.308. The van der Waals surface area contributed by atoms with Gasteiger partial charge in [0.05, 0.1) is 5.69 Å². The van der Waals surface area contributed by atoms with Crippen LogP contribution in [0.25, 0.3) is 0 Å². The lowest BCUT2D eigenvalue weighted by Crippen LogP contribution is -1.98. The van der Waals surface area contributed by atoms with Gasteiger partial charge in [0.2, 0.25) is 0 Å². The van der Waals surface area contributed by atoms with Crippen molar-refractivity contribution in [3.05, 3.63) is 53.3 Å². The maximum absolute atomic E-state index is 4.26. The maximum Gasteiger partial charge on any atom is 0.0630 e. The van der Waals surface area contributed by atoms with Gasteiger partial charge < -0.3 is 0 Å². The number of aromatic amines is 1. The molecule has 0 aliphatic heterocycles. The first-order valence-electron chi connectivity index (χ1n) is 5.31. The number of aryl methyl sites for hydroxylation is 1. The fourth-order valence-corrected chi connectivity index (χ4v) is 1.79. The van der Waals surface area contributed by atoms with Crippen LogP contribution in [0, 0.1) is 6.92 Å². The molecular weight excluding hydrogens is 184 g/mol. The predicted molar refractivity (Wildman–Crippen MR) is 61.9 cm³/mol. The molecule has 0 spiro atoms. The average Bonchev–Trinajstić information content (AvgIpc) is 2.65. The minimum absolute atomic E-state index is 0.522. The quantitative estimate of drug-likeness (QED) is 0.810.